The number of carbonyl (C=O) groups is 1. The fraction of sp³-hybridized carbons (Fsp3) is 0.167. The zero-order valence-corrected chi connectivity index (χ0v) is 9.01. The average molecular weight is 216 g/mol. The third-order valence-corrected chi connectivity index (χ3v) is 2.37. The summed E-state index contributed by atoms with van der Waals surface area (Å²) in [6.07, 6.45) is 3.53. The van der Waals surface area contributed by atoms with Crippen LogP contribution >= 0.6 is 0 Å². The van der Waals surface area contributed by atoms with E-state index < -0.39 is 0 Å². The van der Waals surface area contributed by atoms with E-state index in [1.807, 2.05) is 10.6 Å². The highest BCUT2D eigenvalue weighted by molar-refractivity contribution is 5.93. The molecule has 0 aliphatic carbocycles. The summed E-state index contributed by atoms with van der Waals surface area (Å²) in [6.45, 7) is 4.38. The van der Waals surface area contributed by atoms with Crippen LogP contribution in [0, 0.1) is 0 Å². The Kier molecular flexibility index (Phi) is 2.72. The average Bonchev–Trinajstić information content (AvgIpc) is 2.71. The van der Waals surface area contributed by atoms with E-state index >= 15 is 0 Å². The number of fused-ring (bicyclic) bond motifs is 1. The molecule has 0 fully saturated rings. The zero-order valence-electron chi connectivity index (χ0n) is 9.01. The van der Waals surface area contributed by atoms with Gasteiger partial charge in [-0.3, -0.25) is 0 Å². The maximum Gasteiger partial charge on any atom is 0.337 e. The summed E-state index contributed by atoms with van der Waals surface area (Å²) < 4.78 is 6.61. The lowest BCUT2D eigenvalue weighted by Crippen LogP contribution is -2.00. The maximum absolute atomic E-state index is 11.3. The normalized spacial score (nSPS) is 10.3. The van der Waals surface area contributed by atoms with Gasteiger partial charge in [-0.05, 0) is 18.2 Å². The Hall–Kier alpha value is -2.10. The number of methoxy groups -OCH3 is 1. The lowest BCUT2D eigenvalue weighted by molar-refractivity contribution is 0.0601. The minimum atomic E-state index is -0.347. The molecule has 0 saturated carbocycles. The van der Waals surface area contributed by atoms with Gasteiger partial charge in [-0.25, -0.2) is 9.78 Å². The number of ether oxygens (including phenoxy) is 1. The first-order chi connectivity index (χ1) is 7.76. The second kappa shape index (κ2) is 4.18. The monoisotopic (exact) mass is 216 g/mol. The molecule has 82 valence electrons. The highest BCUT2D eigenvalue weighted by atomic mass is 16.5. The van der Waals surface area contributed by atoms with Crippen molar-refractivity contribution < 1.29 is 9.53 Å². The van der Waals surface area contributed by atoms with Crippen molar-refractivity contribution in [2.24, 2.45) is 0 Å². The standard InChI is InChI=1S/C12H12N2O2/c1-3-6-14-8-13-10-7-9(12(15)16-2)4-5-11(10)14/h3-5,7-8H,1,6H2,2H3. The number of hydrogen-bond acceptors (Lipinski definition) is 3. The van der Waals surface area contributed by atoms with Gasteiger partial charge in [0.25, 0.3) is 0 Å². The predicted molar refractivity (Wildman–Crippen MR) is 61.3 cm³/mol. The van der Waals surface area contributed by atoms with Crippen molar-refractivity contribution in [2.45, 2.75) is 6.54 Å². The fourth-order valence-electron chi connectivity index (χ4n) is 1.59. The first-order valence-corrected chi connectivity index (χ1v) is 4.90. The quantitative estimate of drug-likeness (QED) is 0.582. The molecule has 0 radical (unpaired) electrons. The second-order valence-electron chi connectivity index (χ2n) is 3.38. The molecular formula is C12H12N2O2. The number of hydrogen-bond donors (Lipinski definition) is 0. The van der Waals surface area contributed by atoms with Gasteiger partial charge in [-0.1, -0.05) is 6.08 Å². The highest BCUT2D eigenvalue weighted by Gasteiger charge is 2.08. The van der Waals surface area contributed by atoms with Crippen LogP contribution in [-0.2, 0) is 11.3 Å². The summed E-state index contributed by atoms with van der Waals surface area (Å²) in [5, 5.41) is 0. The molecule has 1 heterocycles. The van der Waals surface area contributed by atoms with E-state index in [-0.39, 0.29) is 5.97 Å². The van der Waals surface area contributed by atoms with E-state index in [9.17, 15) is 4.79 Å². The number of carbonyl (C=O) groups excluding carboxylic acids is 1. The third kappa shape index (κ3) is 1.69. The number of esters is 1. The van der Waals surface area contributed by atoms with Crippen LogP contribution in [-0.4, -0.2) is 22.6 Å². The second-order valence-corrected chi connectivity index (χ2v) is 3.38. The Morgan fingerprint density at radius 2 is 2.44 bits per heavy atom. The van der Waals surface area contributed by atoms with E-state index in [0.29, 0.717) is 12.1 Å². The topological polar surface area (TPSA) is 44.1 Å². The molecule has 0 N–H and O–H groups in total. The molecule has 2 rings (SSSR count). The molecule has 4 heteroatoms. The van der Waals surface area contributed by atoms with E-state index in [4.69, 9.17) is 0 Å². The van der Waals surface area contributed by atoms with Gasteiger partial charge in [0.05, 0.1) is 30.0 Å². The molecule has 0 spiro atoms. The zero-order chi connectivity index (χ0) is 11.5. The Morgan fingerprint density at radius 3 is 3.12 bits per heavy atom. The third-order valence-electron chi connectivity index (χ3n) is 2.37. The number of aromatic nitrogens is 2. The van der Waals surface area contributed by atoms with Gasteiger partial charge in [-0.2, -0.15) is 0 Å². The van der Waals surface area contributed by atoms with Crippen molar-refractivity contribution >= 4 is 17.0 Å². The molecule has 0 aliphatic rings. The summed E-state index contributed by atoms with van der Waals surface area (Å²) in [5.41, 5.74) is 2.27. The fourth-order valence-corrected chi connectivity index (χ4v) is 1.59. The minimum Gasteiger partial charge on any atom is -0.465 e. The first kappa shape index (κ1) is 10.4. The van der Waals surface area contributed by atoms with Gasteiger partial charge in [0.15, 0.2) is 0 Å². The van der Waals surface area contributed by atoms with Gasteiger partial charge < -0.3 is 9.30 Å². The summed E-state index contributed by atoms with van der Waals surface area (Å²) in [6, 6.07) is 5.31. The highest BCUT2D eigenvalue weighted by Crippen LogP contribution is 2.15. The molecular weight excluding hydrogens is 204 g/mol. The van der Waals surface area contributed by atoms with Crippen LogP contribution in [0.2, 0.25) is 0 Å². The summed E-state index contributed by atoms with van der Waals surface area (Å²) in [7, 11) is 1.36. The van der Waals surface area contributed by atoms with Crippen LogP contribution in [0.5, 0.6) is 0 Å². The Labute approximate surface area is 93.2 Å². The van der Waals surface area contributed by atoms with Crippen LogP contribution in [0.15, 0.2) is 37.2 Å². The number of nitrogens with zero attached hydrogens (tertiary/aromatic N) is 2. The molecule has 0 bridgehead atoms. The molecule has 16 heavy (non-hydrogen) atoms. The summed E-state index contributed by atoms with van der Waals surface area (Å²) in [5.74, 6) is -0.347. The molecule has 1 aromatic carbocycles. The van der Waals surface area contributed by atoms with Crippen LogP contribution in [0.25, 0.3) is 11.0 Å². The molecule has 0 amide bonds. The molecule has 0 atom stereocenters. The maximum atomic E-state index is 11.3. The SMILES string of the molecule is C=CCn1cnc2cc(C(=O)OC)ccc21. The number of imidazole rings is 1. The largest absolute Gasteiger partial charge is 0.465 e. The van der Waals surface area contributed by atoms with Gasteiger partial charge >= 0.3 is 5.97 Å². The van der Waals surface area contributed by atoms with Crippen LogP contribution in [0.3, 0.4) is 0 Å². The van der Waals surface area contributed by atoms with E-state index in [1.54, 1.807) is 24.5 Å². The van der Waals surface area contributed by atoms with Gasteiger partial charge in [-0.15, -0.1) is 6.58 Å². The Bertz CT molecular complexity index is 543. The smallest absolute Gasteiger partial charge is 0.337 e. The Morgan fingerprint density at radius 1 is 1.62 bits per heavy atom. The van der Waals surface area contributed by atoms with E-state index in [0.717, 1.165) is 11.0 Å². The Balaban J connectivity index is 2.48. The minimum absolute atomic E-state index is 0.347. The molecule has 0 saturated heterocycles. The van der Waals surface area contributed by atoms with E-state index in [1.165, 1.54) is 7.11 Å². The van der Waals surface area contributed by atoms with Gasteiger partial charge in [0, 0.05) is 6.54 Å². The van der Waals surface area contributed by atoms with Crippen LogP contribution in [0.4, 0.5) is 0 Å². The van der Waals surface area contributed by atoms with Gasteiger partial charge in [0.1, 0.15) is 0 Å². The molecule has 4 nitrogen and oxygen atoms in total. The van der Waals surface area contributed by atoms with Crippen molar-refractivity contribution in [1.29, 1.82) is 0 Å². The van der Waals surface area contributed by atoms with Crippen LogP contribution < -0.4 is 0 Å². The van der Waals surface area contributed by atoms with Crippen molar-refractivity contribution in [3.8, 4) is 0 Å². The predicted octanol–water partition coefficient (Wildman–Crippen LogP) is 2.01. The number of allylic oxidation sites excluding steroid dienone is 1. The molecule has 2 aromatic rings. The molecule has 1 aromatic heterocycles. The van der Waals surface area contributed by atoms with Crippen molar-refractivity contribution in [3.05, 3.63) is 42.7 Å². The first-order valence-electron chi connectivity index (χ1n) is 4.90. The summed E-state index contributed by atoms with van der Waals surface area (Å²) >= 11 is 0. The molecule has 0 aliphatic heterocycles. The molecule has 0 unspecified atom stereocenters. The lowest BCUT2D eigenvalue weighted by Gasteiger charge is -2.01. The van der Waals surface area contributed by atoms with Crippen molar-refractivity contribution in [1.82, 2.24) is 9.55 Å². The summed E-state index contributed by atoms with van der Waals surface area (Å²) in [4.78, 5) is 15.5. The number of rotatable bonds is 3. The van der Waals surface area contributed by atoms with Crippen molar-refractivity contribution in [2.75, 3.05) is 7.11 Å². The number of benzene rings is 1. The van der Waals surface area contributed by atoms with Crippen LogP contribution in [0.1, 0.15) is 10.4 Å². The van der Waals surface area contributed by atoms with Gasteiger partial charge in [0.2, 0.25) is 0 Å². The van der Waals surface area contributed by atoms with Crippen molar-refractivity contribution in [3.63, 3.8) is 0 Å². The lowest BCUT2D eigenvalue weighted by atomic mass is 10.2. The van der Waals surface area contributed by atoms with E-state index in [2.05, 4.69) is 16.3 Å².